The number of nitrogens with zero attached hydrogens (tertiary/aromatic N) is 5. The van der Waals surface area contributed by atoms with Crippen molar-refractivity contribution in [1.82, 2.24) is 25.0 Å². The van der Waals surface area contributed by atoms with Crippen LogP contribution in [0.1, 0.15) is 50.6 Å². The van der Waals surface area contributed by atoms with Crippen LogP contribution in [0.25, 0.3) is 11.4 Å². The fraction of sp³-hybridized carbons (Fsp3) is 0.333. The Morgan fingerprint density at radius 3 is 2.26 bits per heavy atom. The lowest BCUT2D eigenvalue weighted by Crippen LogP contribution is -2.10. The Bertz CT molecular complexity index is 1130. The molecule has 160 valence electrons. The highest BCUT2D eigenvalue weighted by Gasteiger charge is 2.17. The SMILES string of the molecule is CCn1c(SCc2nnc(Cc3ccccc3)o2)nnc1-c1ccc(C(C)(C)C)cc1. The first-order chi connectivity index (χ1) is 14.9. The van der Waals surface area contributed by atoms with Gasteiger partial charge in [-0.3, -0.25) is 0 Å². The van der Waals surface area contributed by atoms with E-state index < -0.39 is 0 Å². The van der Waals surface area contributed by atoms with Crippen molar-refractivity contribution in [2.75, 3.05) is 0 Å². The highest BCUT2D eigenvalue weighted by molar-refractivity contribution is 7.98. The summed E-state index contributed by atoms with van der Waals surface area (Å²) in [6, 6.07) is 18.7. The average Bonchev–Trinajstić information content (AvgIpc) is 3.38. The van der Waals surface area contributed by atoms with Gasteiger partial charge in [-0.05, 0) is 23.5 Å². The molecule has 0 saturated heterocycles. The third-order valence-electron chi connectivity index (χ3n) is 5.07. The van der Waals surface area contributed by atoms with Gasteiger partial charge in [-0.2, -0.15) is 0 Å². The van der Waals surface area contributed by atoms with Gasteiger partial charge in [0.15, 0.2) is 11.0 Å². The van der Waals surface area contributed by atoms with Crippen LogP contribution < -0.4 is 0 Å². The second kappa shape index (κ2) is 9.06. The molecule has 0 amide bonds. The molecule has 4 rings (SSSR count). The lowest BCUT2D eigenvalue weighted by atomic mass is 9.87. The molecule has 0 aliphatic heterocycles. The van der Waals surface area contributed by atoms with E-state index in [1.165, 1.54) is 5.56 Å². The Morgan fingerprint density at radius 1 is 0.871 bits per heavy atom. The minimum absolute atomic E-state index is 0.126. The summed E-state index contributed by atoms with van der Waals surface area (Å²) in [6.45, 7) is 9.54. The van der Waals surface area contributed by atoms with Crippen molar-refractivity contribution >= 4 is 11.8 Å². The van der Waals surface area contributed by atoms with Crippen molar-refractivity contribution < 1.29 is 4.42 Å². The van der Waals surface area contributed by atoms with Crippen molar-refractivity contribution in [3.05, 3.63) is 77.5 Å². The maximum atomic E-state index is 5.82. The van der Waals surface area contributed by atoms with E-state index in [9.17, 15) is 0 Å². The first-order valence-corrected chi connectivity index (χ1v) is 11.4. The number of hydrogen-bond donors (Lipinski definition) is 0. The third-order valence-corrected chi connectivity index (χ3v) is 6.03. The molecular weight excluding hydrogens is 406 g/mol. The van der Waals surface area contributed by atoms with Gasteiger partial charge in [0.25, 0.3) is 0 Å². The largest absolute Gasteiger partial charge is 0.424 e. The summed E-state index contributed by atoms with van der Waals surface area (Å²) in [7, 11) is 0. The molecule has 0 aliphatic rings. The molecule has 0 aliphatic carbocycles. The van der Waals surface area contributed by atoms with Crippen LogP contribution in [0.5, 0.6) is 0 Å². The summed E-state index contributed by atoms with van der Waals surface area (Å²) in [5.41, 5.74) is 3.65. The molecule has 6 nitrogen and oxygen atoms in total. The molecule has 2 aromatic carbocycles. The standard InChI is InChI=1S/C24H27N5OS/c1-5-29-22(18-11-13-19(14-12-18)24(2,3)4)27-28-23(29)31-16-21-26-25-20(30-21)15-17-9-7-6-8-10-17/h6-14H,5,15-16H2,1-4H3. The van der Waals surface area contributed by atoms with Gasteiger partial charge in [-0.25, -0.2) is 0 Å². The van der Waals surface area contributed by atoms with Gasteiger partial charge in [0, 0.05) is 12.1 Å². The molecule has 2 aromatic heterocycles. The van der Waals surface area contributed by atoms with Crippen LogP contribution in [-0.4, -0.2) is 25.0 Å². The van der Waals surface area contributed by atoms with Gasteiger partial charge in [0.1, 0.15) is 0 Å². The Labute approximate surface area is 187 Å². The van der Waals surface area contributed by atoms with E-state index in [4.69, 9.17) is 4.42 Å². The van der Waals surface area contributed by atoms with E-state index in [2.05, 4.69) is 89.1 Å². The summed E-state index contributed by atoms with van der Waals surface area (Å²) in [6.07, 6.45) is 0.637. The zero-order chi connectivity index (χ0) is 21.8. The second-order valence-corrected chi connectivity index (χ2v) is 9.36. The highest BCUT2D eigenvalue weighted by atomic mass is 32.2. The molecule has 0 unspecified atom stereocenters. The summed E-state index contributed by atoms with van der Waals surface area (Å²) in [5, 5.41) is 18.1. The van der Waals surface area contributed by atoms with Crippen LogP contribution >= 0.6 is 11.8 Å². The molecule has 0 fully saturated rings. The molecule has 0 spiro atoms. The molecular formula is C24H27N5OS. The normalized spacial score (nSPS) is 11.7. The average molecular weight is 434 g/mol. The summed E-state index contributed by atoms with van der Waals surface area (Å²) in [5.74, 6) is 2.65. The molecule has 2 heterocycles. The van der Waals surface area contributed by atoms with E-state index in [-0.39, 0.29) is 5.41 Å². The fourth-order valence-electron chi connectivity index (χ4n) is 3.33. The molecule has 31 heavy (non-hydrogen) atoms. The number of rotatable bonds is 7. The minimum Gasteiger partial charge on any atom is -0.424 e. The van der Waals surface area contributed by atoms with E-state index in [1.54, 1.807) is 11.8 Å². The first kappa shape index (κ1) is 21.3. The summed E-state index contributed by atoms with van der Waals surface area (Å²) < 4.78 is 7.94. The highest BCUT2D eigenvalue weighted by Crippen LogP contribution is 2.28. The van der Waals surface area contributed by atoms with Crippen LogP contribution in [0.3, 0.4) is 0 Å². The van der Waals surface area contributed by atoms with Crippen molar-refractivity contribution in [3.63, 3.8) is 0 Å². The second-order valence-electron chi connectivity index (χ2n) is 8.42. The molecule has 0 radical (unpaired) electrons. The fourth-order valence-corrected chi connectivity index (χ4v) is 4.17. The molecule has 0 N–H and O–H groups in total. The molecule has 0 atom stereocenters. The van der Waals surface area contributed by atoms with Crippen LogP contribution in [0.4, 0.5) is 0 Å². The molecule has 7 heteroatoms. The van der Waals surface area contributed by atoms with Crippen molar-refractivity contribution in [2.24, 2.45) is 0 Å². The van der Waals surface area contributed by atoms with Crippen molar-refractivity contribution in [2.45, 2.75) is 57.0 Å². The van der Waals surface area contributed by atoms with E-state index in [0.29, 0.717) is 24.0 Å². The van der Waals surface area contributed by atoms with Gasteiger partial charge in [-0.1, -0.05) is 87.1 Å². The molecule has 4 aromatic rings. The predicted molar refractivity (Wildman–Crippen MR) is 123 cm³/mol. The zero-order valence-electron chi connectivity index (χ0n) is 18.4. The third kappa shape index (κ3) is 5.05. The van der Waals surface area contributed by atoms with Gasteiger partial charge in [0.05, 0.1) is 12.2 Å². The van der Waals surface area contributed by atoms with Gasteiger partial charge >= 0.3 is 0 Å². The number of hydrogen-bond acceptors (Lipinski definition) is 6. The Balaban J connectivity index is 1.45. The topological polar surface area (TPSA) is 69.6 Å². The van der Waals surface area contributed by atoms with E-state index >= 15 is 0 Å². The molecule has 0 bridgehead atoms. The van der Waals surface area contributed by atoms with Crippen LogP contribution in [0.2, 0.25) is 0 Å². The predicted octanol–water partition coefficient (Wildman–Crippen LogP) is 5.53. The van der Waals surface area contributed by atoms with Crippen LogP contribution in [0.15, 0.2) is 64.2 Å². The van der Waals surface area contributed by atoms with Crippen molar-refractivity contribution in [3.8, 4) is 11.4 Å². The lowest BCUT2D eigenvalue weighted by Gasteiger charge is -2.19. The van der Waals surface area contributed by atoms with Gasteiger partial charge in [-0.15, -0.1) is 20.4 Å². The quantitative estimate of drug-likeness (QED) is 0.357. The monoisotopic (exact) mass is 433 g/mol. The number of aromatic nitrogens is 5. The van der Waals surface area contributed by atoms with Gasteiger partial charge < -0.3 is 8.98 Å². The number of thioether (sulfide) groups is 1. The Kier molecular flexibility index (Phi) is 6.23. The Morgan fingerprint density at radius 2 is 1.58 bits per heavy atom. The van der Waals surface area contributed by atoms with E-state index in [0.717, 1.165) is 28.7 Å². The summed E-state index contributed by atoms with van der Waals surface area (Å²) >= 11 is 1.56. The van der Waals surface area contributed by atoms with Crippen LogP contribution in [-0.2, 0) is 24.1 Å². The maximum Gasteiger partial charge on any atom is 0.226 e. The zero-order valence-corrected chi connectivity index (χ0v) is 19.2. The lowest BCUT2D eigenvalue weighted by molar-refractivity contribution is 0.473. The van der Waals surface area contributed by atoms with Gasteiger partial charge in [0.2, 0.25) is 11.8 Å². The minimum atomic E-state index is 0.126. The van der Waals surface area contributed by atoms with E-state index in [1.807, 2.05) is 18.2 Å². The van der Waals surface area contributed by atoms with Crippen LogP contribution in [0, 0.1) is 0 Å². The smallest absolute Gasteiger partial charge is 0.226 e. The first-order valence-electron chi connectivity index (χ1n) is 10.5. The summed E-state index contributed by atoms with van der Waals surface area (Å²) in [4.78, 5) is 0. The number of benzene rings is 2. The molecule has 0 saturated carbocycles. The Hall–Kier alpha value is -2.93. The van der Waals surface area contributed by atoms with Crippen molar-refractivity contribution in [1.29, 1.82) is 0 Å². The maximum absolute atomic E-state index is 5.82.